The molecular weight excluding hydrogens is 360 g/mol. The Balaban J connectivity index is 1.38. The van der Waals surface area contributed by atoms with E-state index in [1.807, 2.05) is 36.4 Å². The van der Waals surface area contributed by atoms with Gasteiger partial charge in [0.15, 0.2) is 0 Å². The number of nitrogens with one attached hydrogen (secondary N) is 1. The molecule has 0 bridgehead atoms. The number of amides is 2. The first-order valence-corrected chi connectivity index (χ1v) is 9.70. The number of hydrogen-bond acceptors (Lipinski definition) is 4. The molecule has 138 valence electrons. The number of hydrogen-bond donors (Lipinski definition) is 1. The van der Waals surface area contributed by atoms with Crippen molar-refractivity contribution in [3.63, 3.8) is 0 Å². The monoisotopic (exact) mass is 380 g/mol. The van der Waals surface area contributed by atoms with E-state index in [4.69, 9.17) is 8.83 Å². The summed E-state index contributed by atoms with van der Waals surface area (Å²) in [5.74, 6) is 1.47. The number of furan rings is 2. The molecule has 0 radical (unpaired) electrons. The lowest BCUT2D eigenvalue weighted by Gasteiger charge is -2.21. The molecular formula is C21H20N2O3S. The van der Waals surface area contributed by atoms with Crippen LogP contribution in [-0.4, -0.2) is 17.5 Å². The number of benzene rings is 1. The van der Waals surface area contributed by atoms with E-state index in [1.165, 1.54) is 15.6 Å². The maximum Gasteiger partial charge on any atom is 0.318 e. The fourth-order valence-corrected chi connectivity index (χ4v) is 4.02. The van der Waals surface area contributed by atoms with Gasteiger partial charge in [-0.3, -0.25) is 0 Å². The summed E-state index contributed by atoms with van der Waals surface area (Å²) in [6.45, 7) is 1.36. The van der Waals surface area contributed by atoms with Crippen LogP contribution in [0.1, 0.15) is 17.1 Å². The third-order valence-corrected chi connectivity index (χ3v) is 5.38. The maximum atomic E-state index is 12.7. The Morgan fingerprint density at radius 2 is 1.67 bits per heavy atom. The lowest BCUT2D eigenvalue weighted by molar-refractivity contribution is 0.182. The van der Waals surface area contributed by atoms with Crippen molar-refractivity contribution in [2.45, 2.75) is 19.5 Å². The molecule has 0 saturated heterocycles. The fraction of sp³-hybridized carbons (Fsp3) is 0.190. The molecule has 3 heterocycles. The van der Waals surface area contributed by atoms with Crippen LogP contribution in [0.4, 0.5) is 4.79 Å². The quantitative estimate of drug-likeness (QED) is 0.488. The summed E-state index contributed by atoms with van der Waals surface area (Å²) in [5.41, 5.74) is 1.26. The van der Waals surface area contributed by atoms with Gasteiger partial charge in [0.05, 0.1) is 25.6 Å². The smallest absolute Gasteiger partial charge is 0.318 e. The SMILES string of the molecule is O=C(NCCc1csc2ccccc12)N(Cc1ccco1)Cc1ccco1. The summed E-state index contributed by atoms with van der Waals surface area (Å²) in [4.78, 5) is 14.4. The van der Waals surface area contributed by atoms with Crippen molar-refractivity contribution in [3.8, 4) is 0 Å². The lowest BCUT2D eigenvalue weighted by Crippen LogP contribution is -2.39. The van der Waals surface area contributed by atoms with Gasteiger partial charge < -0.3 is 19.1 Å². The highest BCUT2D eigenvalue weighted by molar-refractivity contribution is 7.17. The van der Waals surface area contributed by atoms with E-state index in [0.717, 1.165) is 17.9 Å². The lowest BCUT2D eigenvalue weighted by atomic mass is 10.1. The second-order valence-corrected chi connectivity index (χ2v) is 7.17. The van der Waals surface area contributed by atoms with Gasteiger partial charge in [0.2, 0.25) is 0 Å². The number of thiophene rings is 1. The molecule has 2 amide bonds. The van der Waals surface area contributed by atoms with Crippen LogP contribution in [0.3, 0.4) is 0 Å². The Morgan fingerprint density at radius 1 is 0.963 bits per heavy atom. The summed E-state index contributed by atoms with van der Waals surface area (Å²) >= 11 is 1.74. The van der Waals surface area contributed by atoms with Gasteiger partial charge in [0, 0.05) is 11.2 Å². The van der Waals surface area contributed by atoms with Crippen molar-refractivity contribution in [3.05, 3.63) is 83.5 Å². The minimum Gasteiger partial charge on any atom is -0.467 e. The molecule has 0 spiro atoms. The summed E-state index contributed by atoms with van der Waals surface area (Å²) < 4.78 is 12.1. The highest BCUT2D eigenvalue weighted by Gasteiger charge is 2.17. The molecule has 5 nitrogen and oxygen atoms in total. The summed E-state index contributed by atoms with van der Waals surface area (Å²) in [6, 6.07) is 15.6. The molecule has 4 rings (SSSR count). The Hall–Kier alpha value is -2.99. The highest BCUT2D eigenvalue weighted by Crippen LogP contribution is 2.25. The topological polar surface area (TPSA) is 58.6 Å². The Bertz CT molecular complexity index is 953. The largest absolute Gasteiger partial charge is 0.467 e. The number of nitrogens with zero attached hydrogens (tertiary/aromatic N) is 1. The van der Waals surface area contributed by atoms with Gasteiger partial charge in [-0.05, 0) is 53.1 Å². The molecule has 27 heavy (non-hydrogen) atoms. The van der Waals surface area contributed by atoms with Gasteiger partial charge in [0.25, 0.3) is 0 Å². The van der Waals surface area contributed by atoms with E-state index in [2.05, 4.69) is 22.8 Å². The van der Waals surface area contributed by atoms with Crippen LogP contribution < -0.4 is 5.32 Å². The molecule has 0 unspecified atom stereocenters. The average Bonchev–Trinajstić information content (AvgIpc) is 3.44. The summed E-state index contributed by atoms with van der Waals surface area (Å²) in [6.07, 6.45) is 4.02. The zero-order valence-corrected chi connectivity index (χ0v) is 15.6. The van der Waals surface area contributed by atoms with Gasteiger partial charge in [-0.25, -0.2) is 4.79 Å². The van der Waals surface area contributed by atoms with Crippen LogP contribution in [0.15, 0.2) is 75.3 Å². The Kier molecular flexibility index (Phi) is 5.25. The van der Waals surface area contributed by atoms with Crippen molar-refractivity contribution in [1.29, 1.82) is 0 Å². The van der Waals surface area contributed by atoms with Crippen LogP contribution in [0.2, 0.25) is 0 Å². The van der Waals surface area contributed by atoms with Crippen molar-refractivity contribution >= 4 is 27.5 Å². The number of urea groups is 1. The van der Waals surface area contributed by atoms with E-state index >= 15 is 0 Å². The minimum atomic E-state index is -0.137. The number of carbonyl (C=O) groups is 1. The molecule has 3 aromatic heterocycles. The normalized spacial score (nSPS) is 11.0. The molecule has 0 aliphatic carbocycles. The van der Waals surface area contributed by atoms with Gasteiger partial charge >= 0.3 is 6.03 Å². The molecule has 0 saturated carbocycles. The molecule has 1 aromatic carbocycles. The van der Waals surface area contributed by atoms with Crippen LogP contribution in [-0.2, 0) is 19.5 Å². The van der Waals surface area contributed by atoms with E-state index < -0.39 is 0 Å². The van der Waals surface area contributed by atoms with Crippen LogP contribution in [0.5, 0.6) is 0 Å². The van der Waals surface area contributed by atoms with E-state index in [-0.39, 0.29) is 6.03 Å². The van der Waals surface area contributed by atoms with E-state index in [0.29, 0.717) is 19.6 Å². The van der Waals surface area contributed by atoms with Gasteiger partial charge in [-0.1, -0.05) is 18.2 Å². The van der Waals surface area contributed by atoms with Crippen LogP contribution in [0.25, 0.3) is 10.1 Å². The first kappa shape index (κ1) is 17.4. The Labute approximate surface area is 161 Å². The molecule has 6 heteroatoms. The summed E-state index contributed by atoms with van der Waals surface area (Å²) in [5, 5.41) is 6.45. The third-order valence-electron chi connectivity index (χ3n) is 4.37. The van der Waals surface area contributed by atoms with Gasteiger partial charge in [-0.2, -0.15) is 0 Å². The van der Waals surface area contributed by atoms with Crippen LogP contribution >= 0.6 is 11.3 Å². The van der Waals surface area contributed by atoms with Gasteiger partial charge in [-0.15, -0.1) is 11.3 Å². The predicted octanol–water partition coefficient (Wildman–Crippen LogP) is 5.04. The average molecular weight is 380 g/mol. The predicted molar refractivity (Wildman–Crippen MR) is 106 cm³/mol. The maximum absolute atomic E-state index is 12.7. The number of carbonyl (C=O) groups excluding carboxylic acids is 1. The third kappa shape index (κ3) is 4.23. The highest BCUT2D eigenvalue weighted by atomic mass is 32.1. The number of rotatable bonds is 7. The molecule has 0 aliphatic rings. The second kappa shape index (κ2) is 8.14. The zero-order chi connectivity index (χ0) is 18.5. The van der Waals surface area contributed by atoms with Crippen LogP contribution in [0, 0.1) is 0 Å². The first-order chi connectivity index (χ1) is 13.3. The summed E-state index contributed by atoms with van der Waals surface area (Å²) in [7, 11) is 0. The van der Waals surface area contributed by atoms with E-state index in [9.17, 15) is 4.79 Å². The molecule has 0 atom stereocenters. The molecule has 4 aromatic rings. The molecule has 0 aliphatic heterocycles. The van der Waals surface area contributed by atoms with Crippen molar-refractivity contribution in [2.24, 2.45) is 0 Å². The molecule has 1 N–H and O–H groups in total. The first-order valence-electron chi connectivity index (χ1n) is 8.82. The minimum absolute atomic E-state index is 0.137. The second-order valence-electron chi connectivity index (χ2n) is 6.25. The Morgan fingerprint density at radius 3 is 2.33 bits per heavy atom. The van der Waals surface area contributed by atoms with E-state index in [1.54, 1.807) is 28.8 Å². The van der Waals surface area contributed by atoms with Gasteiger partial charge in [0.1, 0.15) is 11.5 Å². The molecule has 0 fully saturated rings. The fourth-order valence-electron chi connectivity index (χ4n) is 3.02. The standard InChI is InChI=1S/C21H20N2O3S/c24-21(22-10-9-16-15-27-20-8-2-1-7-19(16)20)23(13-17-5-3-11-25-17)14-18-6-4-12-26-18/h1-8,11-12,15H,9-10,13-14H2,(H,22,24). The van der Waals surface area contributed by atoms with Crippen molar-refractivity contribution in [1.82, 2.24) is 10.2 Å². The zero-order valence-electron chi connectivity index (χ0n) is 14.8. The number of fused-ring (bicyclic) bond motifs is 1. The van der Waals surface area contributed by atoms with Crippen molar-refractivity contribution in [2.75, 3.05) is 6.54 Å². The van der Waals surface area contributed by atoms with Crippen molar-refractivity contribution < 1.29 is 13.6 Å².